The van der Waals surface area contributed by atoms with Crippen LogP contribution < -0.4 is 21.5 Å². The monoisotopic (exact) mass is 313 g/mol. The van der Waals surface area contributed by atoms with Crippen LogP contribution in [0.2, 0.25) is 0 Å². The second kappa shape index (κ2) is 6.34. The second-order valence-corrected chi connectivity index (χ2v) is 5.81. The highest BCUT2D eigenvalue weighted by molar-refractivity contribution is 5.92. The Morgan fingerprint density at radius 3 is 3.00 bits per heavy atom. The summed E-state index contributed by atoms with van der Waals surface area (Å²) >= 11 is 0. The topological polar surface area (TPSA) is 101 Å². The van der Waals surface area contributed by atoms with Crippen molar-refractivity contribution in [1.29, 1.82) is 0 Å². The standard InChI is InChI=1S/C17H23N5O/c1-2-9-23-13-3-4-15-14(10-13)12(11-20-15)5-7-17(19)21-8-6-16(18)22-17/h3-4,6,8,10-11,20-21H,2,5,7,9,19H2,1H3,(H2,18,22). The van der Waals surface area contributed by atoms with Gasteiger partial charge in [-0.2, -0.15) is 0 Å². The third-order valence-corrected chi connectivity index (χ3v) is 3.90. The Morgan fingerprint density at radius 1 is 1.35 bits per heavy atom. The SMILES string of the molecule is CCCOc1ccc2[nH]cc(CCC3(N)N=C(N)C=CN3)c2c1. The van der Waals surface area contributed by atoms with Gasteiger partial charge in [0.25, 0.3) is 0 Å². The first-order valence-electron chi connectivity index (χ1n) is 7.91. The van der Waals surface area contributed by atoms with E-state index in [0.717, 1.165) is 36.1 Å². The number of hydrogen-bond donors (Lipinski definition) is 4. The number of aliphatic imine (C=N–C) groups is 1. The molecular formula is C17H23N5O. The number of ether oxygens (including phenoxy) is 1. The van der Waals surface area contributed by atoms with Crippen LogP contribution in [0.15, 0.2) is 41.7 Å². The number of hydrogen-bond acceptors (Lipinski definition) is 5. The molecule has 2 aromatic rings. The summed E-state index contributed by atoms with van der Waals surface area (Å²) in [5.41, 5.74) is 14.3. The predicted octanol–water partition coefficient (Wildman–Crippen LogP) is 1.98. The lowest BCUT2D eigenvalue weighted by Crippen LogP contribution is -2.52. The number of amidine groups is 1. The summed E-state index contributed by atoms with van der Waals surface area (Å²) in [6.07, 6.45) is 7.88. The van der Waals surface area contributed by atoms with E-state index in [-0.39, 0.29) is 0 Å². The lowest BCUT2D eigenvalue weighted by atomic mass is 10.0. The van der Waals surface area contributed by atoms with Gasteiger partial charge in [0, 0.05) is 29.7 Å². The zero-order valence-corrected chi connectivity index (χ0v) is 13.3. The molecule has 0 radical (unpaired) electrons. The molecule has 0 aliphatic carbocycles. The van der Waals surface area contributed by atoms with Crippen molar-refractivity contribution in [2.24, 2.45) is 16.5 Å². The van der Waals surface area contributed by atoms with E-state index in [4.69, 9.17) is 16.2 Å². The van der Waals surface area contributed by atoms with Gasteiger partial charge in [0.15, 0.2) is 5.79 Å². The summed E-state index contributed by atoms with van der Waals surface area (Å²) in [6.45, 7) is 2.82. The van der Waals surface area contributed by atoms with Crippen LogP contribution in [0, 0.1) is 0 Å². The smallest absolute Gasteiger partial charge is 0.184 e. The minimum Gasteiger partial charge on any atom is -0.494 e. The van der Waals surface area contributed by atoms with Crippen LogP contribution in [0.25, 0.3) is 10.9 Å². The van der Waals surface area contributed by atoms with Crippen LogP contribution in [-0.4, -0.2) is 23.2 Å². The molecule has 0 amide bonds. The molecule has 1 aromatic heterocycles. The quantitative estimate of drug-likeness (QED) is 0.655. The Hall–Kier alpha value is -2.47. The zero-order valence-electron chi connectivity index (χ0n) is 13.3. The molecule has 6 nitrogen and oxygen atoms in total. The molecule has 0 saturated carbocycles. The first-order valence-corrected chi connectivity index (χ1v) is 7.91. The molecule has 0 saturated heterocycles. The molecule has 1 aliphatic rings. The molecule has 3 rings (SSSR count). The number of nitrogens with zero attached hydrogens (tertiary/aromatic N) is 1. The number of rotatable bonds is 6. The van der Waals surface area contributed by atoms with Crippen molar-refractivity contribution in [2.45, 2.75) is 32.0 Å². The van der Waals surface area contributed by atoms with E-state index in [9.17, 15) is 0 Å². The number of nitrogens with two attached hydrogens (primary N) is 2. The first kappa shape index (κ1) is 15.4. The van der Waals surface area contributed by atoms with Gasteiger partial charge in [-0.05, 0) is 42.7 Å². The molecule has 0 fully saturated rings. The maximum Gasteiger partial charge on any atom is 0.184 e. The predicted molar refractivity (Wildman–Crippen MR) is 93.2 cm³/mol. The molecule has 1 atom stereocenters. The van der Waals surface area contributed by atoms with Crippen LogP contribution >= 0.6 is 0 Å². The molecule has 122 valence electrons. The number of fused-ring (bicyclic) bond motifs is 1. The van der Waals surface area contributed by atoms with Crippen molar-refractivity contribution in [3.05, 3.63) is 42.2 Å². The molecule has 2 heterocycles. The van der Waals surface area contributed by atoms with Crippen LogP contribution in [0.1, 0.15) is 25.3 Å². The first-order chi connectivity index (χ1) is 11.1. The van der Waals surface area contributed by atoms with Gasteiger partial charge in [0.2, 0.25) is 0 Å². The fourth-order valence-corrected chi connectivity index (χ4v) is 2.70. The van der Waals surface area contributed by atoms with Gasteiger partial charge in [-0.25, -0.2) is 4.99 Å². The molecule has 0 spiro atoms. The van der Waals surface area contributed by atoms with E-state index >= 15 is 0 Å². The minimum absolute atomic E-state index is 0.445. The number of aromatic nitrogens is 1. The van der Waals surface area contributed by atoms with E-state index in [2.05, 4.69) is 28.3 Å². The summed E-state index contributed by atoms with van der Waals surface area (Å²) in [4.78, 5) is 7.58. The molecule has 23 heavy (non-hydrogen) atoms. The van der Waals surface area contributed by atoms with Crippen molar-refractivity contribution < 1.29 is 4.74 Å². The number of H-pyrrole nitrogens is 1. The molecule has 6 heteroatoms. The third-order valence-electron chi connectivity index (χ3n) is 3.90. The van der Waals surface area contributed by atoms with Crippen LogP contribution in [-0.2, 0) is 6.42 Å². The maximum absolute atomic E-state index is 6.24. The normalized spacial score (nSPS) is 20.3. The largest absolute Gasteiger partial charge is 0.494 e. The number of nitrogens with one attached hydrogen (secondary N) is 2. The zero-order chi connectivity index (χ0) is 16.3. The Kier molecular flexibility index (Phi) is 4.25. The molecular weight excluding hydrogens is 290 g/mol. The van der Waals surface area contributed by atoms with Crippen molar-refractivity contribution in [3.8, 4) is 5.75 Å². The van der Waals surface area contributed by atoms with Crippen molar-refractivity contribution in [2.75, 3.05) is 6.61 Å². The Morgan fingerprint density at radius 2 is 2.22 bits per heavy atom. The van der Waals surface area contributed by atoms with Crippen molar-refractivity contribution in [3.63, 3.8) is 0 Å². The van der Waals surface area contributed by atoms with Crippen LogP contribution in [0.3, 0.4) is 0 Å². The highest BCUT2D eigenvalue weighted by Crippen LogP contribution is 2.26. The lowest BCUT2D eigenvalue weighted by molar-refractivity contribution is 0.318. The summed E-state index contributed by atoms with van der Waals surface area (Å²) in [6, 6.07) is 6.10. The van der Waals surface area contributed by atoms with E-state index in [0.29, 0.717) is 12.3 Å². The van der Waals surface area contributed by atoms with Gasteiger partial charge >= 0.3 is 0 Å². The molecule has 1 aromatic carbocycles. The molecule has 6 N–H and O–H groups in total. The van der Waals surface area contributed by atoms with E-state index in [1.807, 2.05) is 18.3 Å². The second-order valence-electron chi connectivity index (χ2n) is 5.81. The fraction of sp³-hybridized carbons (Fsp3) is 0.353. The lowest BCUT2D eigenvalue weighted by Gasteiger charge is -2.28. The van der Waals surface area contributed by atoms with Crippen LogP contribution in [0.5, 0.6) is 5.75 Å². The minimum atomic E-state index is -0.848. The number of aromatic amines is 1. The summed E-state index contributed by atoms with van der Waals surface area (Å²) in [5.74, 6) is 0.489. The molecule has 1 unspecified atom stereocenters. The van der Waals surface area contributed by atoms with E-state index < -0.39 is 5.79 Å². The van der Waals surface area contributed by atoms with E-state index in [1.54, 1.807) is 12.3 Å². The van der Waals surface area contributed by atoms with E-state index in [1.165, 1.54) is 5.56 Å². The summed E-state index contributed by atoms with van der Waals surface area (Å²) < 4.78 is 5.72. The highest BCUT2D eigenvalue weighted by Gasteiger charge is 2.24. The Labute approximate surface area is 135 Å². The van der Waals surface area contributed by atoms with Gasteiger partial charge < -0.3 is 20.8 Å². The van der Waals surface area contributed by atoms with Crippen molar-refractivity contribution >= 4 is 16.7 Å². The number of aryl methyl sites for hydroxylation is 1. The average Bonchev–Trinajstić information content (AvgIpc) is 2.93. The summed E-state index contributed by atoms with van der Waals surface area (Å²) in [7, 11) is 0. The van der Waals surface area contributed by atoms with Gasteiger partial charge in [-0.1, -0.05) is 6.92 Å². The van der Waals surface area contributed by atoms with Gasteiger partial charge in [-0.15, -0.1) is 0 Å². The fourth-order valence-electron chi connectivity index (χ4n) is 2.70. The number of benzene rings is 1. The van der Waals surface area contributed by atoms with Crippen molar-refractivity contribution in [1.82, 2.24) is 10.3 Å². The Bertz CT molecular complexity index is 749. The third kappa shape index (κ3) is 3.48. The maximum atomic E-state index is 6.24. The summed E-state index contributed by atoms with van der Waals surface area (Å²) in [5, 5.41) is 4.23. The average molecular weight is 313 g/mol. The van der Waals surface area contributed by atoms with Gasteiger partial charge in [-0.3, -0.25) is 5.73 Å². The van der Waals surface area contributed by atoms with Gasteiger partial charge in [0.1, 0.15) is 11.6 Å². The van der Waals surface area contributed by atoms with Gasteiger partial charge in [0.05, 0.1) is 6.61 Å². The van der Waals surface area contributed by atoms with Crippen LogP contribution in [0.4, 0.5) is 0 Å². The molecule has 0 bridgehead atoms. The Balaban J connectivity index is 1.76. The highest BCUT2D eigenvalue weighted by atomic mass is 16.5. The molecule has 1 aliphatic heterocycles.